The lowest BCUT2D eigenvalue weighted by atomic mass is 9.99. The Kier molecular flexibility index (Phi) is 4.14. The number of methoxy groups -OCH3 is 1. The Morgan fingerprint density at radius 2 is 1.95 bits per heavy atom. The van der Waals surface area contributed by atoms with Crippen LogP contribution in [0.5, 0.6) is 5.75 Å². The van der Waals surface area contributed by atoms with E-state index in [1.54, 1.807) is 7.11 Å². The third-order valence-corrected chi connectivity index (χ3v) is 4.26. The molecule has 0 fully saturated rings. The number of carbonyl (C=O) groups excluding carboxylic acids is 1. The Labute approximate surface area is 131 Å². The summed E-state index contributed by atoms with van der Waals surface area (Å²) >= 11 is 0. The van der Waals surface area contributed by atoms with Crippen LogP contribution in [0.4, 0.5) is 0 Å². The smallest absolute Gasteiger partial charge is 0.227 e. The van der Waals surface area contributed by atoms with E-state index in [4.69, 9.17) is 4.74 Å². The molecule has 0 spiro atoms. The summed E-state index contributed by atoms with van der Waals surface area (Å²) in [6.45, 7) is 3.54. The fourth-order valence-electron chi connectivity index (χ4n) is 3.03. The van der Waals surface area contributed by atoms with Gasteiger partial charge in [-0.05, 0) is 30.5 Å². The normalized spacial score (nSPS) is 13.6. The van der Waals surface area contributed by atoms with Crippen LogP contribution in [0, 0.1) is 6.92 Å². The van der Waals surface area contributed by atoms with Crippen LogP contribution in [0.1, 0.15) is 22.3 Å². The van der Waals surface area contributed by atoms with Crippen LogP contribution in [-0.4, -0.2) is 24.5 Å². The maximum atomic E-state index is 12.6. The fraction of sp³-hybridized carbons (Fsp3) is 0.316. The SMILES string of the molecule is COc1ccc(C)cc1CC(=O)N1CCc2ccccc2C1. The topological polar surface area (TPSA) is 29.5 Å². The number of aryl methyl sites for hydroxylation is 1. The average molecular weight is 295 g/mol. The molecular formula is C19H21NO2. The van der Waals surface area contributed by atoms with Crippen LogP contribution in [0.2, 0.25) is 0 Å². The lowest BCUT2D eigenvalue weighted by Gasteiger charge is -2.29. The van der Waals surface area contributed by atoms with Gasteiger partial charge in [0.15, 0.2) is 0 Å². The molecule has 3 heteroatoms. The highest BCUT2D eigenvalue weighted by atomic mass is 16.5. The summed E-state index contributed by atoms with van der Waals surface area (Å²) < 4.78 is 5.37. The van der Waals surface area contributed by atoms with Gasteiger partial charge in [-0.25, -0.2) is 0 Å². The summed E-state index contributed by atoms with van der Waals surface area (Å²) in [4.78, 5) is 14.6. The second-order valence-corrected chi connectivity index (χ2v) is 5.83. The number of hydrogen-bond donors (Lipinski definition) is 0. The third kappa shape index (κ3) is 2.98. The van der Waals surface area contributed by atoms with Crippen LogP contribution >= 0.6 is 0 Å². The second-order valence-electron chi connectivity index (χ2n) is 5.83. The van der Waals surface area contributed by atoms with E-state index in [0.717, 1.165) is 29.8 Å². The van der Waals surface area contributed by atoms with Crippen molar-refractivity contribution in [2.75, 3.05) is 13.7 Å². The molecule has 0 N–H and O–H groups in total. The van der Waals surface area contributed by atoms with Gasteiger partial charge in [0.05, 0.1) is 13.5 Å². The number of benzene rings is 2. The Bertz CT molecular complexity index is 694. The largest absolute Gasteiger partial charge is 0.496 e. The summed E-state index contributed by atoms with van der Waals surface area (Å²) in [6, 6.07) is 14.3. The number of hydrogen-bond acceptors (Lipinski definition) is 2. The van der Waals surface area contributed by atoms with Crippen molar-refractivity contribution in [3.8, 4) is 5.75 Å². The molecule has 0 radical (unpaired) electrons. The van der Waals surface area contributed by atoms with Gasteiger partial charge in [-0.3, -0.25) is 4.79 Å². The van der Waals surface area contributed by atoms with Crippen LogP contribution in [-0.2, 0) is 24.2 Å². The number of carbonyl (C=O) groups is 1. The van der Waals surface area contributed by atoms with Crippen molar-refractivity contribution in [2.45, 2.75) is 26.3 Å². The van der Waals surface area contributed by atoms with E-state index in [1.165, 1.54) is 11.1 Å². The van der Waals surface area contributed by atoms with Crippen molar-refractivity contribution in [1.29, 1.82) is 0 Å². The van der Waals surface area contributed by atoms with Gasteiger partial charge in [0.1, 0.15) is 5.75 Å². The second kappa shape index (κ2) is 6.22. The van der Waals surface area contributed by atoms with Crippen molar-refractivity contribution in [3.05, 3.63) is 64.7 Å². The van der Waals surface area contributed by atoms with E-state index in [1.807, 2.05) is 36.1 Å². The third-order valence-electron chi connectivity index (χ3n) is 4.26. The lowest BCUT2D eigenvalue weighted by molar-refractivity contribution is -0.131. The van der Waals surface area contributed by atoms with Crippen LogP contribution in [0.3, 0.4) is 0 Å². The predicted octanol–water partition coefficient (Wildman–Crippen LogP) is 3.13. The number of ether oxygens (including phenoxy) is 1. The standard InChI is InChI=1S/C19H21NO2/c1-14-7-8-18(22-2)17(11-14)12-19(21)20-10-9-15-5-3-4-6-16(15)13-20/h3-8,11H,9-10,12-13H2,1-2H3. The van der Waals surface area contributed by atoms with Gasteiger partial charge in [0, 0.05) is 18.7 Å². The van der Waals surface area contributed by atoms with Gasteiger partial charge in [-0.1, -0.05) is 42.0 Å². The molecule has 0 aliphatic carbocycles. The van der Waals surface area contributed by atoms with E-state index >= 15 is 0 Å². The minimum atomic E-state index is 0.165. The summed E-state index contributed by atoms with van der Waals surface area (Å²) in [6.07, 6.45) is 1.33. The zero-order valence-corrected chi connectivity index (χ0v) is 13.1. The molecule has 0 saturated carbocycles. The summed E-state index contributed by atoms with van der Waals surface area (Å²) in [5.74, 6) is 0.953. The highest BCUT2D eigenvalue weighted by Gasteiger charge is 2.21. The predicted molar refractivity (Wildman–Crippen MR) is 87.0 cm³/mol. The zero-order chi connectivity index (χ0) is 15.5. The van der Waals surface area contributed by atoms with Crippen molar-refractivity contribution < 1.29 is 9.53 Å². The first-order chi connectivity index (χ1) is 10.7. The molecule has 0 atom stereocenters. The number of rotatable bonds is 3. The molecule has 1 aliphatic rings. The fourth-order valence-corrected chi connectivity index (χ4v) is 3.03. The monoisotopic (exact) mass is 295 g/mol. The Hall–Kier alpha value is -2.29. The van der Waals surface area contributed by atoms with Gasteiger partial charge < -0.3 is 9.64 Å². The molecule has 2 aromatic carbocycles. The first-order valence-electron chi connectivity index (χ1n) is 7.65. The molecule has 0 saturated heterocycles. The molecule has 1 aliphatic heterocycles. The van der Waals surface area contributed by atoms with Gasteiger partial charge in [-0.2, -0.15) is 0 Å². The summed E-state index contributed by atoms with van der Waals surface area (Å²) in [5, 5.41) is 0. The quantitative estimate of drug-likeness (QED) is 0.870. The van der Waals surface area contributed by atoms with Crippen LogP contribution in [0.15, 0.2) is 42.5 Å². The molecule has 0 unspecified atom stereocenters. The van der Waals surface area contributed by atoms with Crippen LogP contribution in [0.25, 0.3) is 0 Å². The van der Waals surface area contributed by atoms with E-state index in [2.05, 4.69) is 18.2 Å². The lowest BCUT2D eigenvalue weighted by Crippen LogP contribution is -2.36. The molecule has 22 heavy (non-hydrogen) atoms. The summed E-state index contributed by atoms with van der Waals surface area (Å²) in [7, 11) is 1.65. The minimum Gasteiger partial charge on any atom is -0.496 e. The Morgan fingerprint density at radius 1 is 1.18 bits per heavy atom. The minimum absolute atomic E-state index is 0.165. The first kappa shape index (κ1) is 14.6. The van der Waals surface area contributed by atoms with Gasteiger partial charge >= 0.3 is 0 Å². The highest BCUT2D eigenvalue weighted by molar-refractivity contribution is 5.80. The zero-order valence-electron chi connectivity index (χ0n) is 13.1. The molecule has 114 valence electrons. The maximum Gasteiger partial charge on any atom is 0.227 e. The molecule has 1 heterocycles. The number of fused-ring (bicyclic) bond motifs is 1. The van der Waals surface area contributed by atoms with Gasteiger partial charge in [0.2, 0.25) is 5.91 Å². The van der Waals surface area contributed by atoms with Crippen molar-refractivity contribution in [1.82, 2.24) is 4.90 Å². The molecule has 0 bridgehead atoms. The van der Waals surface area contributed by atoms with Crippen molar-refractivity contribution >= 4 is 5.91 Å². The van der Waals surface area contributed by atoms with E-state index in [0.29, 0.717) is 13.0 Å². The van der Waals surface area contributed by atoms with E-state index in [-0.39, 0.29) is 5.91 Å². The molecular weight excluding hydrogens is 274 g/mol. The molecule has 3 rings (SSSR count). The molecule has 1 amide bonds. The highest BCUT2D eigenvalue weighted by Crippen LogP contribution is 2.23. The van der Waals surface area contributed by atoms with E-state index < -0.39 is 0 Å². The average Bonchev–Trinajstić information content (AvgIpc) is 2.54. The van der Waals surface area contributed by atoms with Crippen molar-refractivity contribution in [3.63, 3.8) is 0 Å². The number of nitrogens with zero attached hydrogens (tertiary/aromatic N) is 1. The van der Waals surface area contributed by atoms with Crippen molar-refractivity contribution in [2.24, 2.45) is 0 Å². The molecule has 3 nitrogen and oxygen atoms in total. The summed E-state index contributed by atoms with van der Waals surface area (Å²) in [5.41, 5.74) is 4.73. The Morgan fingerprint density at radius 3 is 2.73 bits per heavy atom. The number of amides is 1. The first-order valence-corrected chi connectivity index (χ1v) is 7.65. The molecule has 2 aromatic rings. The molecule has 0 aromatic heterocycles. The maximum absolute atomic E-state index is 12.6. The Balaban J connectivity index is 1.75. The van der Waals surface area contributed by atoms with Gasteiger partial charge in [-0.15, -0.1) is 0 Å². The van der Waals surface area contributed by atoms with Crippen LogP contribution < -0.4 is 4.74 Å². The van der Waals surface area contributed by atoms with E-state index in [9.17, 15) is 4.79 Å². The van der Waals surface area contributed by atoms with Gasteiger partial charge in [0.25, 0.3) is 0 Å².